The molecule has 0 saturated heterocycles. The maximum Gasteiger partial charge on any atom is 0.272 e. The predicted octanol–water partition coefficient (Wildman–Crippen LogP) is 9.12. The first kappa shape index (κ1) is 32.7. The first-order chi connectivity index (χ1) is 22.2. The fourth-order valence-electron chi connectivity index (χ4n) is 4.30. The number of halogens is 3. The minimum Gasteiger partial charge on any atom is -0.325 e. The number of amides is 3. The van der Waals surface area contributed by atoms with Gasteiger partial charge >= 0.3 is 0 Å². The zero-order valence-electron chi connectivity index (χ0n) is 24.0. The van der Waals surface area contributed by atoms with Gasteiger partial charge in [0.05, 0.1) is 5.02 Å². The maximum atomic E-state index is 13.6. The molecule has 0 aliphatic heterocycles. The summed E-state index contributed by atoms with van der Waals surface area (Å²) in [4.78, 5) is 40.5. The van der Waals surface area contributed by atoms with E-state index in [-0.39, 0.29) is 16.6 Å². The van der Waals surface area contributed by atoms with Gasteiger partial charge in [-0.25, -0.2) is 4.39 Å². The SMILES string of the molecule is O=C(Nc1ccc(SC(C(=O)Nc2ccc(F)c(Cl)c2)c2ccccc2)cc1)/C(=C/c1ccc(Br)cc1)NC(=O)c1ccccc1. The molecule has 3 amide bonds. The summed E-state index contributed by atoms with van der Waals surface area (Å²) in [6.07, 6.45) is 1.60. The summed E-state index contributed by atoms with van der Waals surface area (Å²) in [5, 5.41) is 7.67. The number of thioether (sulfide) groups is 1. The lowest BCUT2D eigenvalue weighted by Gasteiger charge is -2.18. The molecule has 46 heavy (non-hydrogen) atoms. The lowest BCUT2D eigenvalue weighted by atomic mass is 10.1. The average Bonchev–Trinajstić information content (AvgIpc) is 3.07. The fraction of sp³-hybridized carbons (Fsp3) is 0.0278. The minimum absolute atomic E-state index is 0.0661. The predicted molar refractivity (Wildman–Crippen MR) is 186 cm³/mol. The van der Waals surface area contributed by atoms with Crippen LogP contribution < -0.4 is 16.0 Å². The van der Waals surface area contributed by atoms with Crippen LogP contribution in [0.3, 0.4) is 0 Å². The first-order valence-electron chi connectivity index (χ1n) is 14.0. The molecular formula is C36H26BrClFN3O3S. The van der Waals surface area contributed by atoms with Crippen LogP contribution in [0.5, 0.6) is 0 Å². The van der Waals surface area contributed by atoms with Crippen molar-refractivity contribution in [2.45, 2.75) is 10.1 Å². The van der Waals surface area contributed by atoms with Crippen LogP contribution in [-0.2, 0) is 9.59 Å². The second kappa shape index (κ2) is 15.5. The summed E-state index contributed by atoms with van der Waals surface area (Å²) in [6, 6.07) is 36.2. The van der Waals surface area contributed by atoms with Crippen molar-refractivity contribution in [3.8, 4) is 0 Å². The van der Waals surface area contributed by atoms with E-state index >= 15 is 0 Å². The summed E-state index contributed by atoms with van der Waals surface area (Å²) in [5.74, 6) is -1.81. The van der Waals surface area contributed by atoms with E-state index in [4.69, 9.17) is 11.6 Å². The second-order valence-electron chi connectivity index (χ2n) is 9.93. The molecule has 0 aliphatic carbocycles. The lowest BCUT2D eigenvalue weighted by molar-refractivity contribution is -0.116. The molecule has 0 aromatic heterocycles. The van der Waals surface area contributed by atoms with Gasteiger partial charge in [-0.05, 0) is 83.9 Å². The van der Waals surface area contributed by atoms with Crippen LogP contribution in [0, 0.1) is 5.82 Å². The van der Waals surface area contributed by atoms with Crippen LogP contribution in [0.2, 0.25) is 5.02 Å². The molecule has 0 aliphatic rings. The number of anilines is 2. The molecule has 5 aromatic carbocycles. The van der Waals surface area contributed by atoms with Gasteiger partial charge in [-0.1, -0.05) is 88.2 Å². The molecule has 0 fully saturated rings. The third kappa shape index (κ3) is 8.94. The first-order valence-corrected chi connectivity index (χ1v) is 16.0. The van der Waals surface area contributed by atoms with Crippen LogP contribution in [-0.4, -0.2) is 17.7 Å². The molecule has 5 rings (SSSR count). The van der Waals surface area contributed by atoms with Crippen molar-refractivity contribution in [2.75, 3.05) is 10.6 Å². The molecule has 6 nitrogen and oxygen atoms in total. The van der Waals surface area contributed by atoms with Crippen LogP contribution in [0.1, 0.15) is 26.7 Å². The Morgan fingerprint density at radius 3 is 2.04 bits per heavy atom. The number of benzene rings is 5. The van der Waals surface area contributed by atoms with Gasteiger partial charge in [-0.2, -0.15) is 0 Å². The molecule has 0 radical (unpaired) electrons. The van der Waals surface area contributed by atoms with Gasteiger partial charge in [-0.15, -0.1) is 11.8 Å². The van der Waals surface area contributed by atoms with Gasteiger partial charge in [-0.3, -0.25) is 14.4 Å². The van der Waals surface area contributed by atoms with E-state index in [2.05, 4.69) is 31.9 Å². The molecule has 1 atom stereocenters. The summed E-state index contributed by atoms with van der Waals surface area (Å²) in [6.45, 7) is 0. The number of hydrogen-bond acceptors (Lipinski definition) is 4. The summed E-state index contributed by atoms with van der Waals surface area (Å²) in [5.41, 5.74) is 2.84. The number of carbonyl (C=O) groups is 3. The van der Waals surface area contributed by atoms with E-state index in [0.717, 1.165) is 20.5 Å². The van der Waals surface area contributed by atoms with Gasteiger partial charge in [0.1, 0.15) is 16.8 Å². The fourth-order valence-corrected chi connectivity index (χ4v) is 5.77. The third-order valence-corrected chi connectivity index (χ3v) is 8.69. The normalized spacial score (nSPS) is 11.8. The van der Waals surface area contributed by atoms with Crippen molar-refractivity contribution in [3.63, 3.8) is 0 Å². The lowest BCUT2D eigenvalue weighted by Crippen LogP contribution is -2.30. The van der Waals surface area contributed by atoms with Gasteiger partial charge in [0.15, 0.2) is 0 Å². The zero-order chi connectivity index (χ0) is 32.5. The number of hydrogen-bond donors (Lipinski definition) is 3. The number of nitrogens with one attached hydrogen (secondary N) is 3. The number of carbonyl (C=O) groups excluding carboxylic acids is 3. The third-order valence-electron chi connectivity index (χ3n) is 6.60. The molecule has 10 heteroatoms. The largest absolute Gasteiger partial charge is 0.325 e. The van der Waals surface area contributed by atoms with Crippen LogP contribution in [0.25, 0.3) is 6.08 Å². The topological polar surface area (TPSA) is 87.3 Å². The van der Waals surface area contributed by atoms with Crippen LogP contribution >= 0.6 is 39.3 Å². The quantitative estimate of drug-likeness (QED) is 0.0995. The van der Waals surface area contributed by atoms with Gasteiger partial charge in [0.2, 0.25) is 5.91 Å². The van der Waals surface area contributed by atoms with E-state index in [9.17, 15) is 18.8 Å². The Morgan fingerprint density at radius 1 is 0.761 bits per heavy atom. The Morgan fingerprint density at radius 2 is 1.39 bits per heavy atom. The molecule has 1 unspecified atom stereocenters. The van der Waals surface area contributed by atoms with E-state index in [1.807, 2.05) is 54.6 Å². The minimum atomic E-state index is -0.640. The Bertz CT molecular complexity index is 1870. The molecule has 0 spiro atoms. The molecule has 3 N–H and O–H groups in total. The van der Waals surface area contributed by atoms with E-state index in [1.165, 1.54) is 30.0 Å². The Hall–Kier alpha value is -4.70. The molecule has 0 saturated carbocycles. The number of rotatable bonds is 10. The Labute approximate surface area is 283 Å². The zero-order valence-corrected chi connectivity index (χ0v) is 27.2. The second-order valence-corrected chi connectivity index (χ2v) is 12.4. The van der Waals surface area contributed by atoms with Crippen LogP contribution in [0.15, 0.2) is 142 Å². The highest BCUT2D eigenvalue weighted by Gasteiger charge is 2.23. The molecule has 5 aromatic rings. The smallest absolute Gasteiger partial charge is 0.272 e. The highest BCUT2D eigenvalue weighted by Crippen LogP contribution is 2.37. The summed E-state index contributed by atoms with van der Waals surface area (Å²) in [7, 11) is 0. The average molecular weight is 715 g/mol. The van der Waals surface area contributed by atoms with Crippen molar-refractivity contribution >= 4 is 74.5 Å². The summed E-state index contributed by atoms with van der Waals surface area (Å²) >= 11 is 10.6. The van der Waals surface area contributed by atoms with Crippen molar-refractivity contribution in [2.24, 2.45) is 0 Å². The maximum absolute atomic E-state index is 13.6. The van der Waals surface area contributed by atoms with Crippen LogP contribution in [0.4, 0.5) is 15.8 Å². The van der Waals surface area contributed by atoms with Crippen molar-refractivity contribution in [1.29, 1.82) is 0 Å². The van der Waals surface area contributed by atoms with Gasteiger partial charge in [0, 0.05) is 26.3 Å². The molecule has 230 valence electrons. The monoisotopic (exact) mass is 713 g/mol. The van der Waals surface area contributed by atoms with Crippen molar-refractivity contribution in [1.82, 2.24) is 5.32 Å². The molecule has 0 heterocycles. The molecule has 0 bridgehead atoms. The van der Waals surface area contributed by atoms with E-state index < -0.39 is 22.9 Å². The Balaban J connectivity index is 1.32. The van der Waals surface area contributed by atoms with Gasteiger partial charge in [0.25, 0.3) is 11.8 Å². The van der Waals surface area contributed by atoms with E-state index in [0.29, 0.717) is 16.9 Å². The van der Waals surface area contributed by atoms with Crippen molar-refractivity contribution < 1.29 is 18.8 Å². The highest BCUT2D eigenvalue weighted by molar-refractivity contribution is 9.10. The highest BCUT2D eigenvalue weighted by atomic mass is 79.9. The van der Waals surface area contributed by atoms with Gasteiger partial charge < -0.3 is 16.0 Å². The Kier molecular flexibility index (Phi) is 11.0. The molecular weight excluding hydrogens is 689 g/mol. The van der Waals surface area contributed by atoms with E-state index in [1.54, 1.807) is 60.7 Å². The summed E-state index contributed by atoms with van der Waals surface area (Å²) < 4.78 is 14.5. The standard InChI is InChI=1S/C36H26BrClFN3O3S/c37-26-13-11-23(12-14-26)21-32(42-34(43)25-9-5-2-6-10-25)35(44)40-27-15-18-29(19-16-27)46-33(24-7-3-1-4-8-24)36(45)41-28-17-20-31(39)30(38)22-28/h1-22,33H,(H,40,44)(H,41,45)(H,42,43)/b32-21-. The van der Waals surface area contributed by atoms with Crippen molar-refractivity contribution in [3.05, 3.63) is 165 Å².